The third kappa shape index (κ3) is 8.85. The summed E-state index contributed by atoms with van der Waals surface area (Å²) in [4.78, 5) is 33.9. The molecule has 0 radical (unpaired) electrons. The van der Waals surface area contributed by atoms with E-state index in [9.17, 15) is 14.4 Å². The van der Waals surface area contributed by atoms with E-state index in [0.29, 0.717) is 12.5 Å². The summed E-state index contributed by atoms with van der Waals surface area (Å²) < 4.78 is 9.27. The van der Waals surface area contributed by atoms with Gasteiger partial charge in [0.15, 0.2) is 0 Å². The van der Waals surface area contributed by atoms with Crippen LogP contribution in [-0.4, -0.2) is 44.3 Å². The van der Waals surface area contributed by atoms with Gasteiger partial charge in [-0.1, -0.05) is 19.3 Å². The van der Waals surface area contributed by atoms with E-state index in [1.807, 2.05) is 0 Å². The standard InChI is InChI=1S/C16H26N2O5/c1-12(11-23-15(20)9-8-14(19)22-2)18-16(21)17-10-13-6-4-3-5-7-13/h8-9,12-13H,3-7,10-11H2,1-2H3,(H2,17,18,21)/b9-8+. The highest BCUT2D eigenvalue weighted by Crippen LogP contribution is 2.22. The molecule has 0 aliphatic heterocycles. The van der Waals surface area contributed by atoms with Gasteiger partial charge in [0.25, 0.3) is 0 Å². The SMILES string of the molecule is COC(=O)/C=C/C(=O)OCC(C)NC(=O)NCC1CCCCC1. The number of carbonyl (C=O) groups is 3. The first kappa shape index (κ1) is 19.0. The van der Waals surface area contributed by atoms with Gasteiger partial charge in [-0.2, -0.15) is 0 Å². The summed E-state index contributed by atoms with van der Waals surface area (Å²) in [6.45, 7) is 2.44. The van der Waals surface area contributed by atoms with E-state index < -0.39 is 11.9 Å². The largest absolute Gasteiger partial charge is 0.466 e. The van der Waals surface area contributed by atoms with Crippen molar-refractivity contribution in [2.24, 2.45) is 5.92 Å². The quantitative estimate of drug-likeness (QED) is 0.546. The van der Waals surface area contributed by atoms with Gasteiger partial charge >= 0.3 is 18.0 Å². The van der Waals surface area contributed by atoms with Crippen LogP contribution in [0.1, 0.15) is 39.0 Å². The van der Waals surface area contributed by atoms with Crippen molar-refractivity contribution < 1.29 is 23.9 Å². The number of nitrogens with one attached hydrogen (secondary N) is 2. The van der Waals surface area contributed by atoms with Gasteiger partial charge in [0.05, 0.1) is 13.2 Å². The van der Waals surface area contributed by atoms with Crippen molar-refractivity contribution in [3.8, 4) is 0 Å². The van der Waals surface area contributed by atoms with Crippen LogP contribution in [0.25, 0.3) is 0 Å². The number of methoxy groups -OCH3 is 1. The van der Waals surface area contributed by atoms with E-state index >= 15 is 0 Å². The molecule has 0 aromatic heterocycles. The van der Waals surface area contributed by atoms with Crippen LogP contribution in [0.3, 0.4) is 0 Å². The Balaban J connectivity index is 2.15. The molecule has 1 aliphatic rings. The fourth-order valence-electron chi connectivity index (χ4n) is 2.40. The molecule has 2 amide bonds. The Morgan fingerprint density at radius 2 is 1.78 bits per heavy atom. The Kier molecular flexibility index (Phi) is 8.79. The number of hydrogen-bond acceptors (Lipinski definition) is 5. The minimum Gasteiger partial charge on any atom is -0.466 e. The van der Waals surface area contributed by atoms with Crippen LogP contribution in [0.15, 0.2) is 12.2 Å². The zero-order valence-electron chi connectivity index (χ0n) is 13.8. The number of urea groups is 1. The number of rotatable bonds is 7. The molecular weight excluding hydrogens is 300 g/mol. The number of carbonyl (C=O) groups excluding carboxylic acids is 3. The Morgan fingerprint density at radius 3 is 2.43 bits per heavy atom. The predicted octanol–water partition coefficient (Wildman–Crippen LogP) is 1.53. The van der Waals surface area contributed by atoms with Crippen LogP contribution in [0, 0.1) is 5.92 Å². The van der Waals surface area contributed by atoms with E-state index in [4.69, 9.17) is 4.74 Å². The second-order valence-electron chi connectivity index (χ2n) is 5.75. The van der Waals surface area contributed by atoms with Gasteiger partial charge in [-0.05, 0) is 25.7 Å². The molecule has 0 aromatic rings. The zero-order valence-corrected chi connectivity index (χ0v) is 13.8. The Bertz CT molecular complexity index is 430. The average Bonchev–Trinajstić information content (AvgIpc) is 2.56. The van der Waals surface area contributed by atoms with Crippen molar-refractivity contribution in [2.45, 2.75) is 45.1 Å². The van der Waals surface area contributed by atoms with Gasteiger partial charge < -0.3 is 20.1 Å². The minimum atomic E-state index is -0.660. The van der Waals surface area contributed by atoms with Crippen LogP contribution >= 0.6 is 0 Å². The van der Waals surface area contributed by atoms with Crippen molar-refractivity contribution in [1.29, 1.82) is 0 Å². The van der Waals surface area contributed by atoms with Gasteiger partial charge in [0.1, 0.15) is 6.61 Å². The fourth-order valence-corrected chi connectivity index (χ4v) is 2.40. The van der Waals surface area contributed by atoms with Crippen LogP contribution in [0.2, 0.25) is 0 Å². The second-order valence-corrected chi connectivity index (χ2v) is 5.75. The highest BCUT2D eigenvalue weighted by molar-refractivity contribution is 5.91. The van der Waals surface area contributed by atoms with E-state index in [1.54, 1.807) is 6.92 Å². The fraction of sp³-hybridized carbons (Fsp3) is 0.688. The lowest BCUT2D eigenvalue weighted by molar-refractivity contribution is -0.139. The van der Waals surface area contributed by atoms with E-state index in [2.05, 4.69) is 15.4 Å². The number of hydrogen-bond donors (Lipinski definition) is 2. The van der Waals surface area contributed by atoms with Crippen LogP contribution in [0.4, 0.5) is 4.79 Å². The first-order valence-corrected chi connectivity index (χ1v) is 7.98. The summed E-state index contributed by atoms with van der Waals surface area (Å²) >= 11 is 0. The molecule has 0 saturated heterocycles. The van der Waals surface area contributed by atoms with Gasteiger partial charge in [-0.25, -0.2) is 14.4 Å². The highest BCUT2D eigenvalue weighted by Gasteiger charge is 2.15. The molecule has 1 saturated carbocycles. The number of ether oxygens (including phenoxy) is 2. The van der Waals surface area contributed by atoms with Crippen molar-refractivity contribution in [3.05, 3.63) is 12.2 Å². The molecule has 1 unspecified atom stereocenters. The lowest BCUT2D eigenvalue weighted by Gasteiger charge is -2.22. The average molecular weight is 326 g/mol. The molecule has 0 aromatic carbocycles. The van der Waals surface area contributed by atoms with Crippen LogP contribution in [-0.2, 0) is 19.1 Å². The summed E-state index contributed by atoms with van der Waals surface area (Å²) in [5.41, 5.74) is 0. The molecular formula is C16H26N2O5. The van der Waals surface area contributed by atoms with E-state index in [0.717, 1.165) is 12.2 Å². The molecule has 0 spiro atoms. The molecule has 2 N–H and O–H groups in total. The normalized spacial score (nSPS) is 16.6. The second kappa shape index (κ2) is 10.6. The number of amides is 2. The maximum Gasteiger partial charge on any atom is 0.331 e. The van der Waals surface area contributed by atoms with Crippen molar-refractivity contribution in [2.75, 3.05) is 20.3 Å². The molecule has 23 heavy (non-hydrogen) atoms. The molecule has 1 rings (SSSR count). The van der Waals surface area contributed by atoms with Crippen molar-refractivity contribution in [1.82, 2.24) is 10.6 Å². The van der Waals surface area contributed by atoms with E-state index in [1.165, 1.54) is 39.2 Å². The first-order valence-electron chi connectivity index (χ1n) is 7.98. The summed E-state index contributed by atoms with van der Waals surface area (Å²) in [7, 11) is 1.22. The summed E-state index contributed by atoms with van der Waals surface area (Å²) in [6, 6.07) is -0.582. The molecule has 7 nitrogen and oxygen atoms in total. The lowest BCUT2D eigenvalue weighted by Crippen LogP contribution is -2.44. The minimum absolute atomic E-state index is 0.0290. The summed E-state index contributed by atoms with van der Waals surface area (Å²) in [5.74, 6) is -0.729. The molecule has 1 aliphatic carbocycles. The predicted molar refractivity (Wildman–Crippen MR) is 84.7 cm³/mol. The van der Waals surface area contributed by atoms with E-state index in [-0.39, 0.29) is 18.7 Å². The lowest BCUT2D eigenvalue weighted by atomic mass is 9.89. The number of esters is 2. The molecule has 0 bridgehead atoms. The van der Waals surface area contributed by atoms with Crippen LogP contribution < -0.4 is 10.6 Å². The third-order valence-corrected chi connectivity index (χ3v) is 3.69. The highest BCUT2D eigenvalue weighted by atomic mass is 16.5. The molecule has 130 valence electrons. The van der Waals surface area contributed by atoms with Gasteiger partial charge in [-0.3, -0.25) is 0 Å². The van der Waals surface area contributed by atoms with Gasteiger partial charge in [-0.15, -0.1) is 0 Å². The van der Waals surface area contributed by atoms with Gasteiger partial charge in [0.2, 0.25) is 0 Å². The zero-order chi connectivity index (χ0) is 17.1. The Labute approximate surface area is 136 Å². The van der Waals surface area contributed by atoms with Crippen LogP contribution in [0.5, 0.6) is 0 Å². The maximum absolute atomic E-state index is 11.8. The maximum atomic E-state index is 11.8. The smallest absolute Gasteiger partial charge is 0.331 e. The molecule has 0 heterocycles. The topological polar surface area (TPSA) is 93.7 Å². The van der Waals surface area contributed by atoms with Crippen molar-refractivity contribution >= 4 is 18.0 Å². The molecule has 1 atom stereocenters. The summed E-state index contributed by atoms with van der Waals surface area (Å²) in [5, 5.41) is 5.56. The molecule has 1 fully saturated rings. The molecule has 7 heteroatoms. The van der Waals surface area contributed by atoms with Crippen molar-refractivity contribution in [3.63, 3.8) is 0 Å². The monoisotopic (exact) mass is 326 g/mol. The third-order valence-electron chi connectivity index (χ3n) is 3.69. The summed E-state index contributed by atoms with van der Waals surface area (Å²) in [6.07, 6.45) is 8.06. The van der Waals surface area contributed by atoms with Gasteiger partial charge in [0, 0.05) is 18.7 Å². The Morgan fingerprint density at radius 1 is 1.13 bits per heavy atom. The first-order chi connectivity index (χ1) is 11.0. The Hall–Kier alpha value is -2.05.